The molecule has 74 valence electrons. The summed E-state index contributed by atoms with van der Waals surface area (Å²) in [5.41, 5.74) is 0. The Morgan fingerprint density at radius 2 is 2.36 bits per heavy atom. The molecule has 0 aliphatic rings. The third-order valence-corrected chi connectivity index (χ3v) is 3.44. The van der Waals surface area contributed by atoms with Crippen LogP contribution in [0.1, 0.15) is 6.92 Å². The standard InChI is InChI=1S/C10H9BrO2S/c1-2-13-9-7(11)5-6-3-4-14-10(6)8(9)12/h3-5,12H,2H2,1H3. The highest BCUT2D eigenvalue weighted by Crippen LogP contribution is 2.43. The van der Waals surface area contributed by atoms with Gasteiger partial charge in [-0.05, 0) is 45.8 Å². The lowest BCUT2D eigenvalue weighted by atomic mass is 10.2. The number of fused-ring (bicyclic) bond motifs is 1. The zero-order chi connectivity index (χ0) is 10.1. The lowest BCUT2D eigenvalue weighted by Gasteiger charge is -2.08. The van der Waals surface area contributed by atoms with Crippen LogP contribution in [0.3, 0.4) is 0 Å². The van der Waals surface area contributed by atoms with Crippen molar-refractivity contribution in [3.63, 3.8) is 0 Å². The molecule has 2 nitrogen and oxygen atoms in total. The van der Waals surface area contributed by atoms with E-state index in [1.807, 2.05) is 24.4 Å². The minimum absolute atomic E-state index is 0.228. The lowest BCUT2D eigenvalue weighted by Crippen LogP contribution is -1.92. The van der Waals surface area contributed by atoms with Crippen LogP contribution in [0.25, 0.3) is 10.1 Å². The summed E-state index contributed by atoms with van der Waals surface area (Å²) in [6.07, 6.45) is 0. The number of benzene rings is 1. The molecule has 0 saturated carbocycles. The van der Waals surface area contributed by atoms with Gasteiger partial charge in [0.1, 0.15) is 0 Å². The highest BCUT2D eigenvalue weighted by Gasteiger charge is 2.12. The molecule has 0 amide bonds. The van der Waals surface area contributed by atoms with Gasteiger partial charge >= 0.3 is 0 Å². The quantitative estimate of drug-likeness (QED) is 0.902. The van der Waals surface area contributed by atoms with Gasteiger partial charge in [0, 0.05) is 0 Å². The molecule has 0 aliphatic carbocycles. The van der Waals surface area contributed by atoms with Gasteiger partial charge in [0.15, 0.2) is 11.5 Å². The smallest absolute Gasteiger partial charge is 0.177 e. The summed E-state index contributed by atoms with van der Waals surface area (Å²) >= 11 is 4.89. The molecule has 1 aromatic heterocycles. The van der Waals surface area contributed by atoms with Crippen LogP contribution in [0.15, 0.2) is 22.0 Å². The Kier molecular flexibility index (Phi) is 2.65. The number of rotatable bonds is 2. The summed E-state index contributed by atoms with van der Waals surface area (Å²) in [5, 5.41) is 12.9. The molecule has 0 spiro atoms. The SMILES string of the molecule is CCOc1c(Br)cc2ccsc2c1O. The zero-order valence-corrected chi connectivity index (χ0v) is 9.98. The van der Waals surface area contributed by atoms with E-state index in [4.69, 9.17) is 4.74 Å². The van der Waals surface area contributed by atoms with Gasteiger partial charge in [-0.3, -0.25) is 0 Å². The summed E-state index contributed by atoms with van der Waals surface area (Å²) in [4.78, 5) is 0. The number of aromatic hydroxyl groups is 1. The van der Waals surface area contributed by atoms with Gasteiger partial charge in [-0.2, -0.15) is 0 Å². The van der Waals surface area contributed by atoms with E-state index < -0.39 is 0 Å². The molecule has 2 aromatic rings. The molecule has 0 radical (unpaired) electrons. The first kappa shape index (κ1) is 9.80. The van der Waals surface area contributed by atoms with E-state index in [0.29, 0.717) is 12.4 Å². The Morgan fingerprint density at radius 1 is 1.57 bits per heavy atom. The Morgan fingerprint density at radius 3 is 3.07 bits per heavy atom. The zero-order valence-electron chi connectivity index (χ0n) is 7.58. The third-order valence-electron chi connectivity index (χ3n) is 1.91. The van der Waals surface area contributed by atoms with E-state index in [0.717, 1.165) is 14.6 Å². The van der Waals surface area contributed by atoms with Crippen LogP contribution in [0.4, 0.5) is 0 Å². The minimum atomic E-state index is 0.228. The van der Waals surface area contributed by atoms with Crippen molar-refractivity contribution in [2.45, 2.75) is 6.92 Å². The van der Waals surface area contributed by atoms with Crippen molar-refractivity contribution < 1.29 is 9.84 Å². The normalized spacial score (nSPS) is 10.7. The van der Waals surface area contributed by atoms with E-state index in [-0.39, 0.29) is 5.75 Å². The average Bonchev–Trinajstić information content (AvgIpc) is 2.60. The third kappa shape index (κ3) is 1.48. The summed E-state index contributed by atoms with van der Waals surface area (Å²) in [6, 6.07) is 3.93. The van der Waals surface area contributed by atoms with E-state index >= 15 is 0 Å². The Balaban J connectivity index is 2.69. The molecule has 0 unspecified atom stereocenters. The molecule has 0 bridgehead atoms. The van der Waals surface area contributed by atoms with Gasteiger partial charge < -0.3 is 9.84 Å². The Labute approximate surface area is 94.3 Å². The molecule has 0 aliphatic heterocycles. The monoisotopic (exact) mass is 272 g/mol. The van der Waals surface area contributed by atoms with Crippen molar-refractivity contribution in [1.29, 1.82) is 0 Å². The van der Waals surface area contributed by atoms with Gasteiger partial charge in [-0.15, -0.1) is 11.3 Å². The molecule has 0 saturated heterocycles. The van der Waals surface area contributed by atoms with Gasteiger partial charge in [0.05, 0.1) is 15.8 Å². The van der Waals surface area contributed by atoms with Crippen molar-refractivity contribution in [3.8, 4) is 11.5 Å². The van der Waals surface area contributed by atoms with E-state index in [9.17, 15) is 5.11 Å². The number of phenolic OH excluding ortho intramolecular Hbond substituents is 1. The number of hydrogen-bond donors (Lipinski definition) is 1. The molecular formula is C10H9BrO2S. The highest BCUT2D eigenvalue weighted by molar-refractivity contribution is 9.10. The predicted molar refractivity (Wildman–Crippen MR) is 62.4 cm³/mol. The number of thiophene rings is 1. The van der Waals surface area contributed by atoms with Crippen LogP contribution >= 0.6 is 27.3 Å². The molecule has 1 N–H and O–H groups in total. The van der Waals surface area contributed by atoms with Crippen molar-refractivity contribution in [2.24, 2.45) is 0 Å². The summed E-state index contributed by atoms with van der Waals surface area (Å²) < 4.78 is 7.02. The van der Waals surface area contributed by atoms with Gasteiger partial charge in [0.2, 0.25) is 0 Å². The number of halogens is 1. The van der Waals surface area contributed by atoms with Gasteiger partial charge in [-0.1, -0.05) is 0 Å². The van der Waals surface area contributed by atoms with E-state index in [1.165, 1.54) is 11.3 Å². The molecule has 0 fully saturated rings. The first-order chi connectivity index (χ1) is 6.74. The van der Waals surface area contributed by atoms with E-state index in [2.05, 4.69) is 15.9 Å². The highest BCUT2D eigenvalue weighted by atomic mass is 79.9. The molecule has 0 atom stereocenters. The molecule has 1 aromatic carbocycles. The van der Waals surface area contributed by atoms with Crippen molar-refractivity contribution in [3.05, 3.63) is 22.0 Å². The fourth-order valence-corrected chi connectivity index (χ4v) is 2.69. The predicted octanol–water partition coefficient (Wildman–Crippen LogP) is 3.77. The molecule has 4 heteroatoms. The average molecular weight is 273 g/mol. The Bertz CT molecular complexity index is 464. The van der Waals surface area contributed by atoms with Gasteiger partial charge in [-0.25, -0.2) is 0 Å². The lowest BCUT2D eigenvalue weighted by molar-refractivity contribution is 0.318. The molecular weight excluding hydrogens is 264 g/mol. The van der Waals surface area contributed by atoms with Crippen LogP contribution in [-0.2, 0) is 0 Å². The second kappa shape index (κ2) is 3.79. The van der Waals surface area contributed by atoms with Crippen LogP contribution in [0, 0.1) is 0 Å². The summed E-state index contributed by atoms with van der Waals surface area (Å²) in [6.45, 7) is 2.44. The van der Waals surface area contributed by atoms with Crippen molar-refractivity contribution in [1.82, 2.24) is 0 Å². The minimum Gasteiger partial charge on any atom is -0.503 e. The summed E-state index contributed by atoms with van der Waals surface area (Å²) in [7, 11) is 0. The van der Waals surface area contributed by atoms with Crippen LogP contribution in [0.2, 0.25) is 0 Å². The fraction of sp³-hybridized carbons (Fsp3) is 0.200. The first-order valence-corrected chi connectivity index (χ1v) is 5.92. The first-order valence-electron chi connectivity index (χ1n) is 4.25. The number of hydrogen-bond acceptors (Lipinski definition) is 3. The maximum atomic E-state index is 9.91. The van der Waals surface area contributed by atoms with Crippen LogP contribution < -0.4 is 4.74 Å². The van der Waals surface area contributed by atoms with E-state index in [1.54, 1.807) is 0 Å². The maximum absolute atomic E-state index is 9.91. The topological polar surface area (TPSA) is 29.5 Å². The summed E-state index contributed by atoms with van der Waals surface area (Å²) in [5.74, 6) is 0.758. The number of phenols is 1. The maximum Gasteiger partial charge on any atom is 0.177 e. The second-order valence-corrected chi connectivity index (χ2v) is 4.58. The largest absolute Gasteiger partial charge is 0.503 e. The molecule has 14 heavy (non-hydrogen) atoms. The van der Waals surface area contributed by atoms with Crippen molar-refractivity contribution >= 4 is 37.4 Å². The number of ether oxygens (including phenoxy) is 1. The van der Waals surface area contributed by atoms with Crippen LogP contribution in [-0.4, -0.2) is 11.7 Å². The van der Waals surface area contributed by atoms with Gasteiger partial charge in [0.25, 0.3) is 0 Å². The second-order valence-electron chi connectivity index (χ2n) is 2.81. The Hall–Kier alpha value is -0.740. The fourth-order valence-electron chi connectivity index (χ4n) is 1.33. The van der Waals surface area contributed by atoms with Crippen molar-refractivity contribution in [2.75, 3.05) is 6.61 Å². The molecule has 1 heterocycles. The van der Waals surface area contributed by atoms with Crippen LogP contribution in [0.5, 0.6) is 11.5 Å². The molecule has 2 rings (SSSR count).